The second-order valence-corrected chi connectivity index (χ2v) is 9.00. The van der Waals surface area contributed by atoms with E-state index in [0.29, 0.717) is 0 Å². The van der Waals surface area contributed by atoms with Gasteiger partial charge in [-0.15, -0.1) is 5.10 Å². The van der Waals surface area contributed by atoms with Gasteiger partial charge in [-0.3, -0.25) is 19.1 Å². The Morgan fingerprint density at radius 1 is 1.14 bits per heavy atom. The minimum Gasteiger partial charge on any atom is -0.345 e. The average molecular weight is 529 g/mol. The van der Waals surface area contributed by atoms with E-state index in [4.69, 9.17) is 23.2 Å². The van der Waals surface area contributed by atoms with Crippen molar-refractivity contribution in [1.82, 2.24) is 24.9 Å². The highest BCUT2D eigenvalue weighted by molar-refractivity contribution is 6.48. The largest absolute Gasteiger partial charge is 0.345 e. The van der Waals surface area contributed by atoms with Crippen molar-refractivity contribution in [2.45, 2.75) is 24.3 Å². The van der Waals surface area contributed by atoms with Crippen LogP contribution < -0.4 is 10.6 Å². The molecule has 1 aliphatic rings. The Bertz CT molecular complexity index is 1360. The predicted octanol–water partition coefficient (Wildman–Crippen LogP) is 3.48. The molecule has 0 aliphatic heterocycles. The fraction of sp³-hybridized carbons (Fsp3) is 0.286. The molecule has 2 aromatic heterocycles. The summed E-state index contributed by atoms with van der Waals surface area (Å²) in [6.45, 7) is 0. The molecular weight excluding hydrogens is 512 g/mol. The number of ketones is 1. The number of anilines is 1. The van der Waals surface area contributed by atoms with E-state index in [1.165, 1.54) is 47.9 Å². The van der Waals surface area contributed by atoms with Crippen LogP contribution in [0, 0.1) is 5.82 Å². The first-order valence-corrected chi connectivity index (χ1v) is 10.8. The molecule has 0 radical (unpaired) electrons. The number of aryl methyl sites for hydroxylation is 2. The summed E-state index contributed by atoms with van der Waals surface area (Å²) in [5, 5.41) is 11.7. The lowest BCUT2D eigenvalue weighted by Crippen LogP contribution is -2.61. The van der Waals surface area contributed by atoms with Crippen molar-refractivity contribution in [2.75, 3.05) is 5.32 Å². The summed E-state index contributed by atoms with van der Waals surface area (Å²) in [5.41, 5.74) is -1.64. The van der Waals surface area contributed by atoms with Gasteiger partial charge in [-0.05, 0) is 18.2 Å². The van der Waals surface area contributed by atoms with Crippen LogP contribution in [0.5, 0.6) is 0 Å². The quantitative estimate of drug-likeness (QED) is 0.376. The maximum atomic E-state index is 13.8. The van der Waals surface area contributed by atoms with Gasteiger partial charge in [0.1, 0.15) is 11.5 Å². The molecule has 184 valence electrons. The van der Waals surface area contributed by atoms with Gasteiger partial charge in [0.25, 0.3) is 23.5 Å². The number of nitrogens with zero attached hydrogens (tertiary/aromatic N) is 4. The number of hydrogen-bond donors (Lipinski definition) is 2. The lowest BCUT2D eigenvalue weighted by molar-refractivity contribution is -0.149. The number of benzene rings is 1. The molecule has 3 aromatic rings. The zero-order valence-corrected chi connectivity index (χ0v) is 19.7. The molecule has 1 saturated carbocycles. The predicted molar refractivity (Wildman–Crippen MR) is 119 cm³/mol. The standard InChI is InChI=1S/C21H17Cl2F3N6O3/c1-31-7-11(15(23)16(31)18(34)28-10-3-4-13(24)12(22)5-10)17(33)19(35)29-20(8-21(25,26)9-20)14-6-27-30-32(14)2/h3-7H,8-9H2,1-2H3,(H,28,34)(H,29,35). The van der Waals surface area contributed by atoms with Crippen LogP contribution in [0.4, 0.5) is 18.9 Å². The molecule has 0 unspecified atom stereocenters. The van der Waals surface area contributed by atoms with Gasteiger partial charge in [0.2, 0.25) is 0 Å². The number of rotatable bonds is 6. The van der Waals surface area contributed by atoms with Crippen LogP contribution in [0.25, 0.3) is 0 Å². The molecule has 0 saturated heterocycles. The van der Waals surface area contributed by atoms with E-state index in [0.717, 1.165) is 6.07 Å². The zero-order chi connectivity index (χ0) is 25.7. The van der Waals surface area contributed by atoms with Gasteiger partial charge in [-0.1, -0.05) is 28.4 Å². The highest BCUT2D eigenvalue weighted by Crippen LogP contribution is 2.51. The summed E-state index contributed by atoms with van der Waals surface area (Å²) in [6.07, 6.45) is 0.928. The topological polar surface area (TPSA) is 111 Å². The van der Waals surface area contributed by atoms with E-state index in [9.17, 15) is 27.6 Å². The van der Waals surface area contributed by atoms with Gasteiger partial charge in [0.15, 0.2) is 0 Å². The first-order valence-electron chi connectivity index (χ1n) is 10.0. The van der Waals surface area contributed by atoms with E-state index in [1.807, 2.05) is 0 Å². The lowest BCUT2D eigenvalue weighted by Gasteiger charge is -2.47. The number of aromatic nitrogens is 4. The van der Waals surface area contributed by atoms with E-state index in [-0.39, 0.29) is 32.7 Å². The van der Waals surface area contributed by atoms with Crippen molar-refractivity contribution >= 4 is 46.5 Å². The summed E-state index contributed by atoms with van der Waals surface area (Å²) < 4.78 is 43.4. The summed E-state index contributed by atoms with van der Waals surface area (Å²) in [6, 6.07) is 3.52. The fourth-order valence-corrected chi connectivity index (χ4v) is 4.60. The van der Waals surface area contributed by atoms with Crippen LogP contribution in [0.15, 0.2) is 30.6 Å². The van der Waals surface area contributed by atoms with E-state index in [2.05, 4.69) is 20.9 Å². The molecule has 14 heteroatoms. The van der Waals surface area contributed by atoms with Gasteiger partial charge >= 0.3 is 0 Å². The molecule has 0 spiro atoms. The normalized spacial score (nSPS) is 15.9. The van der Waals surface area contributed by atoms with E-state index in [1.54, 1.807) is 0 Å². The number of carbonyl (C=O) groups excluding carboxylic acids is 3. The number of alkyl halides is 2. The summed E-state index contributed by atoms with van der Waals surface area (Å²) >= 11 is 12.0. The molecule has 0 atom stereocenters. The maximum Gasteiger partial charge on any atom is 0.293 e. The Labute approximate surface area is 206 Å². The van der Waals surface area contributed by atoms with Gasteiger partial charge in [0.05, 0.1) is 33.0 Å². The Hall–Kier alpha value is -3.38. The third-order valence-electron chi connectivity index (χ3n) is 5.64. The number of hydrogen-bond acceptors (Lipinski definition) is 5. The smallest absolute Gasteiger partial charge is 0.293 e. The number of Topliss-reactive ketones (excluding diaryl/α,β-unsaturated/α-hetero) is 1. The molecular formula is C21H17Cl2F3N6O3. The minimum absolute atomic E-state index is 0.163. The molecule has 1 aromatic carbocycles. The third-order valence-corrected chi connectivity index (χ3v) is 6.31. The lowest BCUT2D eigenvalue weighted by atomic mass is 9.71. The average Bonchev–Trinajstić information content (AvgIpc) is 3.31. The maximum absolute atomic E-state index is 13.8. The first kappa shape index (κ1) is 24.7. The number of carbonyl (C=O) groups is 3. The van der Waals surface area contributed by atoms with Crippen LogP contribution >= 0.6 is 23.2 Å². The summed E-state index contributed by atoms with van der Waals surface area (Å²) in [5.74, 6) is -6.79. The van der Waals surface area contributed by atoms with Crippen molar-refractivity contribution in [3.8, 4) is 0 Å². The zero-order valence-electron chi connectivity index (χ0n) is 18.2. The van der Waals surface area contributed by atoms with Crippen molar-refractivity contribution in [3.05, 3.63) is 63.4 Å². The van der Waals surface area contributed by atoms with Crippen molar-refractivity contribution in [1.29, 1.82) is 0 Å². The van der Waals surface area contributed by atoms with Crippen LogP contribution in [-0.4, -0.2) is 43.1 Å². The van der Waals surface area contributed by atoms with Crippen molar-refractivity contribution in [2.24, 2.45) is 14.1 Å². The molecule has 4 rings (SSSR count). The molecule has 2 heterocycles. The minimum atomic E-state index is -3.04. The highest BCUT2D eigenvalue weighted by Gasteiger charge is 2.60. The molecule has 35 heavy (non-hydrogen) atoms. The molecule has 0 bridgehead atoms. The van der Waals surface area contributed by atoms with Gasteiger partial charge in [0, 0.05) is 38.8 Å². The van der Waals surface area contributed by atoms with E-state index >= 15 is 0 Å². The molecule has 9 nitrogen and oxygen atoms in total. The number of amides is 2. The van der Waals surface area contributed by atoms with Crippen molar-refractivity contribution in [3.63, 3.8) is 0 Å². The first-order chi connectivity index (χ1) is 16.3. The number of nitrogens with one attached hydrogen (secondary N) is 2. The fourth-order valence-electron chi connectivity index (χ4n) is 4.06. The third kappa shape index (κ3) is 4.50. The van der Waals surface area contributed by atoms with E-state index < -0.39 is 47.7 Å². The van der Waals surface area contributed by atoms with Crippen LogP contribution in [-0.2, 0) is 24.4 Å². The second-order valence-electron chi connectivity index (χ2n) is 8.22. The van der Waals surface area contributed by atoms with Gasteiger partial charge in [-0.25, -0.2) is 13.2 Å². The Balaban J connectivity index is 1.56. The van der Waals surface area contributed by atoms with Crippen LogP contribution in [0.2, 0.25) is 10.0 Å². The number of halogens is 5. The Morgan fingerprint density at radius 3 is 2.40 bits per heavy atom. The van der Waals surface area contributed by atoms with Crippen molar-refractivity contribution < 1.29 is 27.6 Å². The van der Waals surface area contributed by atoms with Gasteiger partial charge in [-0.2, -0.15) is 0 Å². The monoisotopic (exact) mass is 528 g/mol. The highest BCUT2D eigenvalue weighted by atomic mass is 35.5. The molecule has 1 fully saturated rings. The van der Waals surface area contributed by atoms with Crippen LogP contribution in [0.1, 0.15) is 39.4 Å². The molecule has 1 aliphatic carbocycles. The molecule has 2 N–H and O–H groups in total. The SMILES string of the molecule is Cn1cc(C(=O)C(=O)NC2(c3cnnn3C)CC(F)(F)C2)c(Cl)c1C(=O)Nc1ccc(F)c(Cl)c1. The van der Waals surface area contributed by atoms with Gasteiger partial charge < -0.3 is 15.2 Å². The summed E-state index contributed by atoms with van der Waals surface area (Å²) in [4.78, 5) is 38.4. The second kappa shape index (κ2) is 8.68. The molecule has 2 amide bonds. The Morgan fingerprint density at radius 2 is 1.83 bits per heavy atom. The van der Waals surface area contributed by atoms with Crippen LogP contribution in [0.3, 0.4) is 0 Å². The Kier molecular flexibility index (Phi) is 6.14. The summed E-state index contributed by atoms with van der Waals surface area (Å²) in [7, 11) is 2.89.